The SMILES string of the molecule is Cc1ccc(F)cc1CC(N)Cc1ccsc1. The smallest absolute Gasteiger partial charge is 0.123 e. The van der Waals surface area contributed by atoms with Crippen LogP contribution in [-0.4, -0.2) is 6.04 Å². The van der Waals surface area contributed by atoms with E-state index in [4.69, 9.17) is 5.73 Å². The average molecular weight is 249 g/mol. The molecule has 1 aromatic heterocycles. The standard InChI is InChI=1S/C14H16FNS/c1-10-2-3-13(15)7-12(10)8-14(16)6-11-4-5-17-9-11/h2-5,7,9,14H,6,8,16H2,1H3. The van der Waals surface area contributed by atoms with Crippen molar-refractivity contribution in [2.24, 2.45) is 5.73 Å². The predicted molar refractivity (Wildman–Crippen MR) is 70.8 cm³/mol. The van der Waals surface area contributed by atoms with Gasteiger partial charge < -0.3 is 5.73 Å². The maximum absolute atomic E-state index is 13.1. The van der Waals surface area contributed by atoms with Gasteiger partial charge >= 0.3 is 0 Å². The Kier molecular flexibility index (Phi) is 3.92. The second-order valence-electron chi connectivity index (χ2n) is 4.37. The summed E-state index contributed by atoms with van der Waals surface area (Å²) in [5, 5.41) is 4.16. The molecule has 90 valence electrons. The highest BCUT2D eigenvalue weighted by Gasteiger charge is 2.08. The molecule has 1 heterocycles. The number of benzene rings is 1. The molecule has 1 aromatic carbocycles. The molecule has 17 heavy (non-hydrogen) atoms. The van der Waals surface area contributed by atoms with Crippen LogP contribution in [0, 0.1) is 12.7 Å². The Balaban J connectivity index is 2.02. The number of halogens is 1. The first-order valence-corrected chi connectivity index (χ1v) is 6.61. The number of aryl methyl sites for hydroxylation is 1. The van der Waals surface area contributed by atoms with Crippen LogP contribution >= 0.6 is 11.3 Å². The van der Waals surface area contributed by atoms with Crippen LogP contribution in [0.3, 0.4) is 0 Å². The molecule has 2 rings (SSSR count). The van der Waals surface area contributed by atoms with Crippen molar-refractivity contribution >= 4 is 11.3 Å². The minimum absolute atomic E-state index is 0.0464. The van der Waals surface area contributed by atoms with E-state index in [1.807, 2.05) is 13.0 Å². The van der Waals surface area contributed by atoms with E-state index in [1.165, 1.54) is 11.6 Å². The highest BCUT2D eigenvalue weighted by Crippen LogP contribution is 2.15. The molecule has 1 unspecified atom stereocenters. The molecular formula is C14H16FNS. The molecule has 0 fully saturated rings. The second kappa shape index (κ2) is 5.43. The van der Waals surface area contributed by atoms with Gasteiger partial charge in [0.1, 0.15) is 5.82 Å². The van der Waals surface area contributed by atoms with Crippen molar-refractivity contribution < 1.29 is 4.39 Å². The van der Waals surface area contributed by atoms with E-state index < -0.39 is 0 Å². The van der Waals surface area contributed by atoms with Crippen molar-refractivity contribution in [3.8, 4) is 0 Å². The normalized spacial score (nSPS) is 12.6. The van der Waals surface area contributed by atoms with Gasteiger partial charge in [0.2, 0.25) is 0 Å². The Bertz CT molecular complexity index is 479. The summed E-state index contributed by atoms with van der Waals surface area (Å²) in [6, 6.07) is 7.02. The summed E-state index contributed by atoms with van der Waals surface area (Å²) >= 11 is 1.68. The highest BCUT2D eigenvalue weighted by atomic mass is 32.1. The van der Waals surface area contributed by atoms with Crippen LogP contribution in [0.5, 0.6) is 0 Å². The Morgan fingerprint density at radius 2 is 2.12 bits per heavy atom. The van der Waals surface area contributed by atoms with Crippen molar-refractivity contribution in [1.29, 1.82) is 0 Å². The van der Waals surface area contributed by atoms with Crippen molar-refractivity contribution in [3.05, 3.63) is 57.5 Å². The lowest BCUT2D eigenvalue weighted by Crippen LogP contribution is -2.25. The van der Waals surface area contributed by atoms with Crippen LogP contribution in [0.15, 0.2) is 35.0 Å². The largest absolute Gasteiger partial charge is 0.327 e. The Hall–Kier alpha value is -1.19. The van der Waals surface area contributed by atoms with Crippen LogP contribution in [0.25, 0.3) is 0 Å². The van der Waals surface area contributed by atoms with E-state index in [2.05, 4.69) is 16.8 Å². The number of rotatable bonds is 4. The summed E-state index contributed by atoms with van der Waals surface area (Å²) in [4.78, 5) is 0. The van der Waals surface area contributed by atoms with Gasteiger partial charge in [0.25, 0.3) is 0 Å². The van der Waals surface area contributed by atoms with Crippen LogP contribution < -0.4 is 5.73 Å². The molecule has 0 radical (unpaired) electrons. The third-order valence-corrected chi connectivity index (χ3v) is 3.60. The quantitative estimate of drug-likeness (QED) is 0.884. The van der Waals surface area contributed by atoms with E-state index >= 15 is 0 Å². The van der Waals surface area contributed by atoms with Gasteiger partial charge in [-0.05, 0) is 65.4 Å². The van der Waals surface area contributed by atoms with Crippen molar-refractivity contribution in [2.75, 3.05) is 0 Å². The molecule has 2 N–H and O–H groups in total. The predicted octanol–water partition coefficient (Wildman–Crippen LogP) is 3.31. The first-order valence-electron chi connectivity index (χ1n) is 5.67. The van der Waals surface area contributed by atoms with Crippen LogP contribution in [0.4, 0.5) is 4.39 Å². The number of nitrogens with two attached hydrogens (primary N) is 1. The summed E-state index contributed by atoms with van der Waals surface area (Å²) in [5.74, 6) is -0.187. The van der Waals surface area contributed by atoms with Crippen LogP contribution in [-0.2, 0) is 12.8 Å². The summed E-state index contributed by atoms with van der Waals surface area (Å²) in [6.45, 7) is 1.99. The zero-order valence-electron chi connectivity index (χ0n) is 9.82. The molecule has 0 aliphatic rings. The van der Waals surface area contributed by atoms with E-state index in [1.54, 1.807) is 17.4 Å². The van der Waals surface area contributed by atoms with Crippen LogP contribution in [0.2, 0.25) is 0 Å². The maximum Gasteiger partial charge on any atom is 0.123 e. The van der Waals surface area contributed by atoms with Gasteiger partial charge in [0.15, 0.2) is 0 Å². The van der Waals surface area contributed by atoms with Crippen molar-refractivity contribution in [3.63, 3.8) is 0 Å². The minimum atomic E-state index is -0.187. The van der Waals surface area contributed by atoms with Gasteiger partial charge in [-0.2, -0.15) is 11.3 Å². The van der Waals surface area contributed by atoms with Gasteiger partial charge in [-0.3, -0.25) is 0 Å². The Morgan fingerprint density at radius 1 is 1.29 bits per heavy atom. The molecular weight excluding hydrogens is 233 g/mol. The van der Waals surface area contributed by atoms with Gasteiger partial charge in [-0.25, -0.2) is 4.39 Å². The lowest BCUT2D eigenvalue weighted by atomic mass is 9.98. The van der Waals surface area contributed by atoms with Crippen molar-refractivity contribution in [1.82, 2.24) is 0 Å². The molecule has 3 heteroatoms. The summed E-state index contributed by atoms with van der Waals surface area (Å²) in [6.07, 6.45) is 1.57. The first kappa shape index (κ1) is 12.3. The fourth-order valence-electron chi connectivity index (χ4n) is 1.93. The maximum atomic E-state index is 13.1. The molecule has 0 amide bonds. The molecule has 0 saturated carbocycles. The third kappa shape index (κ3) is 3.38. The van der Waals surface area contributed by atoms with Crippen LogP contribution in [0.1, 0.15) is 16.7 Å². The molecule has 1 nitrogen and oxygen atoms in total. The average Bonchev–Trinajstić information content (AvgIpc) is 2.76. The lowest BCUT2D eigenvalue weighted by Gasteiger charge is -2.12. The fourth-order valence-corrected chi connectivity index (χ4v) is 2.61. The highest BCUT2D eigenvalue weighted by molar-refractivity contribution is 7.07. The zero-order valence-corrected chi connectivity index (χ0v) is 10.6. The summed E-state index contributed by atoms with van der Waals surface area (Å²) in [5.41, 5.74) is 9.47. The van der Waals surface area contributed by atoms with Crippen molar-refractivity contribution in [2.45, 2.75) is 25.8 Å². The second-order valence-corrected chi connectivity index (χ2v) is 5.15. The monoisotopic (exact) mass is 249 g/mol. The molecule has 2 aromatic rings. The van der Waals surface area contributed by atoms with Gasteiger partial charge in [-0.15, -0.1) is 0 Å². The number of hydrogen-bond donors (Lipinski definition) is 1. The number of thiophene rings is 1. The lowest BCUT2D eigenvalue weighted by molar-refractivity contribution is 0.617. The van der Waals surface area contributed by atoms with Gasteiger partial charge in [0.05, 0.1) is 0 Å². The topological polar surface area (TPSA) is 26.0 Å². The third-order valence-electron chi connectivity index (χ3n) is 2.87. The summed E-state index contributed by atoms with van der Waals surface area (Å²) in [7, 11) is 0. The molecule has 0 bridgehead atoms. The molecule has 0 aliphatic carbocycles. The van der Waals surface area contributed by atoms with E-state index in [-0.39, 0.29) is 11.9 Å². The molecule has 0 aliphatic heterocycles. The van der Waals surface area contributed by atoms with Gasteiger partial charge in [-0.1, -0.05) is 6.07 Å². The van der Waals surface area contributed by atoms with E-state index in [0.29, 0.717) is 0 Å². The summed E-state index contributed by atoms with van der Waals surface area (Å²) < 4.78 is 13.1. The molecule has 0 spiro atoms. The Labute approximate surface area is 105 Å². The minimum Gasteiger partial charge on any atom is -0.327 e. The zero-order chi connectivity index (χ0) is 12.3. The fraction of sp³-hybridized carbons (Fsp3) is 0.286. The molecule has 1 atom stereocenters. The molecule has 0 saturated heterocycles. The van der Waals surface area contributed by atoms with E-state index in [0.717, 1.165) is 24.0 Å². The Morgan fingerprint density at radius 3 is 2.82 bits per heavy atom. The van der Waals surface area contributed by atoms with Gasteiger partial charge in [0, 0.05) is 6.04 Å². The van der Waals surface area contributed by atoms with E-state index in [9.17, 15) is 4.39 Å². The number of hydrogen-bond acceptors (Lipinski definition) is 2. The first-order chi connectivity index (χ1) is 8.15.